The Morgan fingerprint density at radius 1 is 1.29 bits per heavy atom. The Hall–Kier alpha value is -2.93. The van der Waals surface area contributed by atoms with Crippen molar-refractivity contribution in [3.63, 3.8) is 0 Å². The molecule has 1 fully saturated rings. The molecule has 4 rings (SSSR count). The summed E-state index contributed by atoms with van der Waals surface area (Å²) in [6.45, 7) is 2.89. The van der Waals surface area contributed by atoms with Crippen molar-refractivity contribution in [3.8, 4) is 17.2 Å². The quantitative estimate of drug-likeness (QED) is 0.631. The highest BCUT2D eigenvalue weighted by atomic mass is 35.5. The molecule has 1 aliphatic rings. The fraction of sp³-hybridized carbons (Fsp3) is 0.250. The number of anilines is 1. The maximum Gasteiger partial charge on any atom is 0.257 e. The van der Waals surface area contributed by atoms with Crippen molar-refractivity contribution in [2.24, 2.45) is 0 Å². The van der Waals surface area contributed by atoms with E-state index in [0.29, 0.717) is 30.6 Å². The lowest BCUT2D eigenvalue weighted by Crippen LogP contribution is -2.24. The fourth-order valence-corrected chi connectivity index (χ4v) is 3.34. The van der Waals surface area contributed by atoms with Crippen LogP contribution in [0, 0.1) is 5.82 Å². The average molecular weight is 402 g/mol. The van der Waals surface area contributed by atoms with E-state index in [0.717, 1.165) is 11.3 Å². The van der Waals surface area contributed by atoms with Crippen molar-refractivity contribution in [3.05, 3.63) is 59.1 Å². The normalized spacial score (nSPS) is 16.6. The number of hydrogen-bond donors (Lipinski definition) is 0. The summed E-state index contributed by atoms with van der Waals surface area (Å²) in [4.78, 5) is 18.4. The zero-order valence-corrected chi connectivity index (χ0v) is 15.8. The summed E-state index contributed by atoms with van der Waals surface area (Å²) < 4.78 is 24.2. The zero-order valence-electron chi connectivity index (χ0n) is 15.1. The van der Waals surface area contributed by atoms with E-state index in [9.17, 15) is 9.18 Å². The molecule has 0 bridgehead atoms. The number of ether oxygens (including phenoxy) is 1. The first-order valence-electron chi connectivity index (χ1n) is 8.87. The number of benzene rings is 2. The van der Waals surface area contributed by atoms with Gasteiger partial charge in [-0.05, 0) is 49.4 Å². The smallest absolute Gasteiger partial charge is 0.257 e. The molecule has 0 radical (unpaired) electrons. The molecule has 0 spiro atoms. The maximum atomic E-state index is 13.4. The van der Waals surface area contributed by atoms with Crippen LogP contribution < -0.4 is 9.64 Å². The number of aromatic nitrogens is 2. The van der Waals surface area contributed by atoms with Crippen LogP contribution in [-0.4, -0.2) is 29.2 Å². The number of halogens is 2. The molecule has 1 saturated heterocycles. The van der Waals surface area contributed by atoms with Crippen LogP contribution in [0.1, 0.15) is 25.1 Å². The van der Waals surface area contributed by atoms with Gasteiger partial charge >= 0.3 is 0 Å². The Morgan fingerprint density at radius 3 is 2.79 bits per heavy atom. The van der Waals surface area contributed by atoms with Crippen molar-refractivity contribution >= 4 is 23.2 Å². The first kappa shape index (κ1) is 18.4. The number of carbonyl (C=O) groups excluding carboxylic acids is 1. The van der Waals surface area contributed by atoms with Gasteiger partial charge in [0.15, 0.2) is 5.82 Å². The lowest BCUT2D eigenvalue weighted by Gasteiger charge is -2.16. The Balaban J connectivity index is 1.51. The van der Waals surface area contributed by atoms with Crippen LogP contribution in [0.5, 0.6) is 5.75 Å². The predicted molar refractivity (Wildman–Crippen MR) is 102 cm³/mol. The highest BCUT2D eigenvalue weighted by Crippen LogP contribution is 2.33. The highest BCUT2D eigenvalue weighted by molar-refractivity contribution is 6.31. The first-order valence-corrected chi connectivity index (χ1v) is 9.25. The SMILES string of the molecule is CCOc1ccc(-c2nc([C@@H]3CC(=O)N(c4ccc(F)c(Cl)c4)C3)no2)cc1. The minimum Gasteiger partial charge on any atom is -0.494 e. The molecule has 1 atom stereocenters. The summed E-state index contributed by atoms with van der Waals surface area (Å²) in [5.74, 6) is 0.783. The van der Waals surface area contributed by atoms with Crippen molar-refractivity contribution in [2.45, 2.75) is 19.3 Å². The molecule has 8 heteroatoms. The van der Waals surface area contributed by atoms with Crippen LogP contribution in [0.15, 0.2) is 47.0 Å². The van der Waals surface area contributed by atoms with E-state index >= 15 is 0 Å². The zero-order chi connectivity index (χ0) is 19.7. The molecular formula is C20H17ClFN3O3. The minimum atomic E-state index is -0.522. The Labute approximate surface area is 165 Å². The fourth-order valence-electron chi connectivity index (χ4n) is 3.16. The van der Waals surface area contributed by atoms with E-state index in [1.54, 1.807) is 4.90 Å². The molecule has 0 unspecified atom stereocenters. The molecule has 1 amide bonds. The second kappa shape index (κ2) is 7.59. The van der Waals surface area contributed by atoms with E-state index < -0.39 is 5.82 Å². The van der Waals surface area contributed by atoms with Gasteiger partial charge in [-0.1, -0.05) is 16.8 Å². The summed E-state index contributed by atoms with van der Waals surface area (Å²) in [5, 5.41) is 4.02. The molecule has 6 nitrogen and oxygen atoms in total. The molecule has 28 heavy (non-hydrogen) atoms. The summed E-state index contributed by atoms with van der Waals surface area (Å²) in [6.07, 6.45) is 0.247. The Morgan fingerprint density at radius 2 is 2.07 bits per heavy atom. The van der Waals surface area contributed by atoms with Crippen LogP contribution in [0.2, 0.25) is 5.02 Å². The van der Waals surface area contributed by atoms with Gasteiger partial charge in [-0.15, -0.1) is 0 Å². The molecule has 3 aromatic rings. The third kappa shape index (κ3) is 3.57. The van der Waals surface area contributed by atoms with Crippen LogP contribution in [0.4, 0.5) is 10.1 Å². The van der Waals surface area contributed by atoms with Crippen LogP contribution in [0.3, 0.4) is 0 Å². The van der Waals surface area contributed by atoms with Gasteiger partial charge in [0.25, 0.3) is 5.89 Å². The Kier molecular flexibility index (Phi) is 5.00. The highest BCUT2D eigenvalue weighted by Gasteiger charge is 2.34. The number of nitrogens with zero attached hydrogens (tertiary/aromatic N) is 3. The molecule has 0 saturated carbocycles. The van der Waals surface area contributed by atoms with Crippen LogP contribution in [-0.2, 0) is 4.79 Å². The Bertz CT molecular complexity index is 1010. The summed E-state index contributed by atoms with van der Waals surface area (Å²) in [6, 6.07) is 11.6. The second-order valence-electron chi connectivity index (χ2n) is 6.42. The van der Waals surface area contributed by atoms with Crippen molar-refractivity contribution < 1.29 is 18.4 Å². The van der Waals surface area contributed by atoms with Gasteiger partial charge < -0.3 is 14.2 Å². The first-order chi connectivity index (χ1) is 13.5. The topological polar surface area (TPSA) is 68.5 Å². The molecular weight excluding hydrogens is 385 g/mol. The van der Waals surface area contributed by atoms with Crippen molar-refractivity contribution in [1.82, 2.24) is 10.1 Å². The molecule has 2 aromatic carbocycles. The molecule has 1 aromatic heterocycles. The molecule has 0 aliphatic carbocycles. The predicted octanol–water partition coefficient (Wildman–Crippen LogP) is 4.45. The number of hydrogen-bond acceptors (Lipinski definition) is 5. The largest absolute Gasteiger partial charge is 0.494 e. The van der Waals surface area contributed by atoms with Gasteiger partial charge in [0.05, 0.1) is 11.6 Å². The minimum absolute atomic E-state index is 0.0221. The molecule has 144 valence electrons. The number of carbonyl (C=O) groups is 1. The summed E-state index contributed by atoms with van der Waals surface area (Å²) in [5.41, 5.74) is 1.32. The van der Waals surface area contributed by atoms with Crippen LogP contribution in [0.25, 0.3) is 11.5 Å². The van der Waals surface area contributed by atoms with Gasteiger partial charge in [-0.3, -0.25) is 4.79 Å². The second-order valence-corrected chi connectivity index (χ2v) is 6.83. The summed E-state index contributed by atoms with van der Waals surface area (Å²) >= 11 is 5.83. The molecule has 1 aliphatic heterocycles. The molecule has 2 heterocycles. The van der Waals surface area contributed by atoms with Gasteiger partial charge in [-0.2, -0.15) is 4.98 Å². The van der Waals surface area contributed by atoms with Crippen molar-refractivity contribution in [2.75, 3.05) is 18.1 Å². The maximum absolute atomic E-state index is 13.4. The van der Waals surface area contributed by atoms with Gasteiger partial charge in [0.2, 0.25) is 5.91 Å². The van der Waals surface area contributed by atoms with E-state index in [4.69, 9.17) is 20.9 Å². The molecule has 0 N–H and O–H groups in total. The standard InChI is InChI=1S/C20H17ClFN3O3/c1-2-27-15-6-3-12(4-7-15)20-23-19(24-28-20)13-9-18(26)25(11-13)14-5-8-17(22)16(21)10-14/h3-8,10,13H,2,9,11H2,1H3/t13-/m1/s1. The van der Waals surface area contributed by atoms with Crippen LogP contribution >= 0.6 is 11.6 Å². The van der Waals surface area contributed by atoms with E-state index in [-0.39, 0.29) is 23.3 Å². The van der Waals surface area contributed by atoms with Gasteiger partial charge in [-0.25, -0.2) is 4.39 Å². The van der Waals surface area contributed by atoms with Gasteiger partial charge in [0.1, 0.15) is 11.6 Å². The lowest BCUT2D eigenvalue weighted by atomic mass is 10.1. The van der Waals surface area contributed by atoms with E-state index in [1.165, 1.54) is 18.2 Å². The number of rotatable bonds is 5. The summed E-state index contributed by atoms with van der Waals surface area (Å²) in [7, 11) is 0. The lowest BCUT2D eigenvalue weighted by molar-refractivity contribution is -0.117. The third-order valence-corrected chi connectivity index (χ3v) is 4.85. The van der Waals surface area contributed by atoms with Crippen molar-refractivity contribution in [1.29, 1.82) is 0 Å². The van der Waals surface area contributed by atoms with E-state index in [2.05, 4.69) is 10.1 Å². The average Bonchev–Trinajstić information content (AvgIpc) is 3.32. The number of amides is 1. The third-order valence-electron chi connectivity index (χ3n) is 4.56. The monoisotopic (exact) mass is 401 g/mol. The van der Waals surface area contributed by atoms with Gasteiger partial charge in [0, 0.05) is 30.1 Å². The van der Waals surface area contributed by atoms with E-state index in [1.807, 2.05) is 31.2 Å².